The standard InChI is InChI=1S/C21H29N7O/c1-25-8-10-27(11-9-25)20-3-2-18(16-23-20)17-24-21(29)28-14-12-26(13-15-28)19-4-6-22-7-5-19/h2-7,16H,8-15,17H2,1H3,(H,24,29). The lowest BCUT2D eigenvalue weighted by Gasteiger charge is -2.36. The number of anilines is 2. The summed E-state index contributed by atoms with van der Waals surface area (Å²) in [7, 11) is 2.15. The van der Waals surface area contributed by atoms with Crippen LogP contribution in [-0.2, 0) is 6.54 Å². The molecule has 0 aliphatic carbocycles. The Labute approximate surface area is 172 Å². The Balaban J connectivity index is 1.23. The summed E-state index contributed by atoms with van der Waals surface area (Å²) in [4.78, 5) is 30.0. The van der Waals surface area contributed by atoms with E-state index in [-0.39, 0.29) is 6.03 Å². The SMILES string of the molecule is CN1CCN(c2ccc(CNC(=O)N3CCN(c4ccncc4)CC3)cn2)CC1. The van der Waals surface area contributed by atoms with Gasteiger partial charge < -0.3 is 24.9 Å². The quantitative estimate of drug-likeness (QED) is 0.841. The zero-order valence-electron chi connectivity index (χ0n) is 17.0. The van der Waals surface area contributed by atoms with Crippen molar-refractivity contribution in [3.05, 3.63) is 48.4 Å². The number of carbonyl (C=O) groups is 1. The van der Waals surface area contributed by atoms with E-state index in [9.17, 15) is 4.79 Å². The summed E-state index contributed by atoms with van der Waals surface area (Å²) < 4.78 is 0. The lowest BCUT2D eigenvalue weighted by molar-refractivity contribution is 0.194. The number of urea groups is 1. The van der Waals surface area contributed by atoms with Crippen molar-refractivity contribution in [3.63, 3.8) is 0 Å². The summed E-state index contributed by atoms with van der Waals surface area (Å²) in [5, 5.41) is 3.03. The van der Waals surface area contributed by atoms with E-state index in [1.165, 1.54) is 0 Å². The fourth-order valence-electron chi connectivity index (χ4n) is 3.76. The number of nitrogens with one attached hydrogen (secondary N) is 1. The third kappa shape index (κ3) is 4.95. The van der Waals surface area contributed by atoms with Crippen molar-refractivity contribution in [2.45, 2.75) is 6.54 Å². The highest BCUT2D eigenvalue weighted by Gasteiger charge is 2.21. The van der Waals surface area contributed by atoms with Gasteiger partial charge in [0.2, 0.25) is 0 Å². The molecule has 4 heterocycles. The van der Waals surface area contributed by atoms with Gasteiger partial charge in [-0.05, 0) is 30.8 Å². The molecule has 2 aliphatic rings. The van der Waals surface area contributed by atoms with Crippen molar-refractivity contribution < 1.29 is 4.79 Å². The fraction of sp³-hybridized carbons (Fsp3) is 0.476. The molecule has 0 unspecified atom stereocenters. The summed E-state index contributed by atoms with van der Waals surface area (Å²) in [5.41, 5.74) is 2.18. The summed E-state index contributed by atoms with van der Waals surface area (Å²) >= 11 is 0. The van der Waals surface area contributed by atoms with Crippen LogP contribution >= 0.6 is 0 Å². The smallest absolute Gasteiger partial charge is 0.317 e. The molecule has 2 amide bonds. The van der Waals surface area contributed by atoms with Gasteiger partial charge in [-0.2, -0.15) is 0 Å². The predicted octanol–water partition coefficient (Wildman–Crippen LogP) is 1.26. The average Bonchev–Trinajstić information content (AvgIpc) is 2.79. The number of nitrogens with zero attached hydrogens (tertiary/aromatic N) is 6. The summed E-state index contributed by atoms with van der Waals surface area (Å²) in [6.45, 7) is 7.73. The van der Waals surface area contributed by atoms with Crippen LogP contribution in [0.25, 0.3) is 0 Å². The molecule has 1 N–H and O–H groups in total. The Bertz CT molecular complexity index is 782. The van der Waals surface area contributed by atoms with Crippen LogP contribution in [0.2, 0.25) is 0 Å². The number of rotatable bonds is 4. The molecule has 0 atom stereocenters. The third-order valence-electron chi connectivity index (χ3n) is 5.67. The first-order chi connectivity index (χ1) is 14.2. The maximum Gasteiger partial charge on any atom is 0.317 e. The first-order valence-corrected chi connectivity index (χ1v) is 10.3. The molecule has 2 aromatic rings. The van der Waals surface area contributed by atoms with Gasteiger partial charge in [0.15, 0.2) is 0 Å². The minimum atomic E-state index is -0.0116. The lowest BCUT2D eigenvalue weighted by atomic mass is 10.2. The van der Waals surface area contributed by atoms with Gasteiger partial charge in [0.05, 0.1) is 0 Å². The summed E-state index contributed by atoms with van der Waals surface area (Å²) in [5.74, 6) is 1.01. The third-order valence-corrected chi connectivity index (χ3v) is 5.67. The second kappa shape index (κ2) is 9.09. The molecule has 2 aliphatic heterocycles. The van der Waals surface area contributed by atoms with Crippen molar-refractivity contribution in [2.75, 3.05) is 69.2 Å². The van der Waals surface area contributed by atoms with Crippen LogP contribution in [0, 0.1) is 0 Å². The Hall–Kier alpha value is -2.87. The highest BCUT2D eigenvalue weighted by atomic mass is 16.2. The van der Waals surface area contributed by atoms with Crippen LogP contribution in [0.3, 0.4) is 0 Å². The topological polar surface area (TPSA) is 67.8 Å². The zero-order valence-corrected chi connectivity index (χ0v) is 17.0. The minimum absolute atomic E-state index is 0.0116. The van der Waals surface area contributed by atoms with Crippen LogP contribution in [0.5, 0.6) is 0 Å². The molecule has 0 saturated carbocycles. The van der Waals surface area contributed by atoms with Crippen LogP contribution in [0.15, 0.2) is 42.9 Å². The molecule has 2 fully saturated rings. The van der Waals surface area contributed by atoms with Gasteiger partial charge in [-0.1, -0.05) is 6.07 Å². The number of carbonyl (C=O) groups excluding carboxylic acids is 1. The van der Waals surface area contributed by atoms with Crippen LogP contribution in [0.1, 0.15) is 5.56 Å². The van der Waals surface area contributed by atoms with Crippen molar-refractivity contribution in [3.8, 4) is 0 Å². The van der Waals surface area contributed by atoms with E-state index in [1.807, 2.05) is 23.2 Å². The number of pyridine rings is 2. The van der Waals surface area contributed by atoms with E-state index in [2.05, 4.69) is 49.2 Å². The number of amides is 2. The molecule has 154 valence electrons. The van der Waals surface area contributed by atoms with Crippen LogP contribution in [0.4, 0.5) is 16.3 Å². The maximum atomic E-state index is 12.5. The van der Waals surface area contributed by atoms with Gasteiger partial charge in [-0.3, -0.25) is 4.98 Å². The van der Waals surface area contributed by atoms with Crippen molar-refractivity contribution in [1.82, 2.24) is 25.1 Å². The largest absolute Gasteiger partial charge is 0.368 e. The molecular formula is C21H29N7O. The van der Waals surface area contributed by atoms with Crippen LogP contribution < -0.4 is 15.1 Å². The Morgan fingerprint density at radius 3 is 2.28 bits per heavy atom. The average molecular weight is 396 g/mol. The van der Waals surface area contributed by atoms with Crippen molar-refractivity contribution in [1.29, 1.82) is 0 Å². The fourth-order valence-corrected chi connectivity index (χ4v) is 3.76. The van der Waals surface area contributed by atoms with Gasteiger partial charge >= 0.3 is 6.03 Å². The second-order valence-electron chi connectivity index (χ2n) is 7.65. The van der Waals surface area contributed by atoms with Gasteiger partial charge in [-0.15, -0.1) is 0 Å². The van der Waals surface area contributed by atoms with E-state index >= 15 is 0 Å². The van der Waals surface area contributed by atoms with E-state index in [1.54, 1.807) is 12.4 Å². The highest BCUT2D eigenvalue weighted by molar-refractivity contribution is 5.74. The number of aromatic nitrogens is 2. The van der Waals surface area contributed by atoms with Gasteiger partial charge in [-0.25, -0.2) is 9.78 Å². The molecular weight excluding hydrogens is 366 g/mol. The first kappa shape index (κ1) is 19.4. The number of hydrogen-bond donors (Lipinski definition) is 1. The Morgan fingerprint density at radius 2 is 1.62 bits per heavy atom. The van der Waals surface area contributed by atoms with E-state index in [4.69, 9.17) is 0 Å². The Kier molecular flexibility index (Phi) is 6.09. The first-order valence-electron chi connectivity index (χ1n) is 10.3. The number of piperazine rings is 2. The Morgan fingerprint density at radius 1 is 0.931 bits per heavy atom. The normalized spacial score (nSPS) is 18.0. The molecule has 29 heavy (non-hydrogen) atoms. The van der Waals surface area contributed by atoms with Gasteiger partial charge in [0.25, 0.3) is 0 Å². The molecule has 2 saturated heterocycles. The molecule has 8 heteroatoms. The monoisotopic (exact) mass is 395 g/mol. The molecule has 8 nitrogen and oxygen atoms in total. The van der Waals surface area contributed by atoms with E-state index in [0.717, 1.165) is 69.4 Å². The maximum absolute atomic E-state index is 12.5. The molecule has 2 aromatic heterocycles. The van der Waals surface area contributed by atoms with Gasteiger partial charge in [0.1, 0.15) is 5.82 Å². The molecule has 0 aromatic carbocycles. The molecule has 0 spiro atoms. The zero-order chi connectivity index (χ0) is 20.1. The van der Waals surface area contributed by atoms with Crippen molar-refractivity contribution in [2.24, 2.45) is 0 Å². The molecule has 0 radical (unpaired) electrons. The predicted molar refractivity (Wildman–Crippen MR) is 114 cm³/mol. The second-order valence-corrected chi connectivity index (χ2v) is 7.65. The number of hydrogen-bond acceptors (Lipinski definition) is 6. The van der Waals surface area contributed by atoms with Crippen LogP contribution in [-0.4, -0.2) is 85.2 Å². The lowest BCUT2D eigenvalue weighted by Crippen LogP contribution is -2.51. The minimum Gasteiger partial charge on any atom is -0.368 e. The highest BCUT2D eigenvalue weighted by Crippen LogP contribution is 2.15. The number of likely N-dealkylation sites (N-methyl/N-ethyl adjacent to an activating group) is 1. The molecule has 0 bridgehead atoms. The summed E-state index contributed by atoms with van der Waals surface area (Å²) in [6.07, 6.45) is 5.48. The van der Waals surface area contributed by atoms with Gasteiger partial charge in [0, 0.05) is 83.2 Å². The summed E-state index contributed by atoms with van der Waals surface area (Å²) in [6, 6.07) is 8.12. The molecule has 4 rings (SSSR count). The van der Waals surface area contributed by atoms with E-state index < -0.39 is 0 Å². The van der Waals surface area contributed by atoms with E-state index in [0.29, 0.717) is 6.54 Å². The van der Waals surface area contributed by atoms with Crippen molar-refractivity contribution >= 4 is 17.5 Å².